The first-order valence-electron chi connectivity index (χ1n) is 19.4. The Labute approximate surface area is 342 Å². The van der Waals surface area contributed by atoms with Crippen LogP contribution < -0.4 is 0 Å². The Kier molecular flexibility index (Phi) is 8.03. The van der Waals surface area contributed by atoms with E-state index >= 15 is 0 Å². The third-order valence-electron chi connectivity index (χ3n) is 11.6. The predicted molar refractivity (Wildman–Crippen MR) is 235 cm³/mol. The van der Waals surface area contributed by atoms with Gasteiger partial charge in [-0.15, -0.1) is 0 Å². The highest BCUT2D eigenvalue weighted by molar-refractivity contribution is 7.99. The molecule has 11 rings (SSSR count). The lowest BCUT2D eigenvalue weighted by molar-refractivity contribution is 0.722. The van der Waals surface area contributed by atoms with Gasteiger partial charge in [0.05, 0.1) is 28.4 Å². The number of hydrogen-bond acceptors (Lipinski definition) is 4. The minimum atomic E-state index is -0.579. The molecule has 4 heteroatoms. The molecule has 1 aliphatic heterocycles. The summed E-state index contributed by atoms with van der Waals surface area (Å²) in [5.41, 5.74) is 16.6. The van der Waals surface area contributed by atoms with Crippen LogP contribution in [0.15, 0.2) is 210 Å². The standard InChI is InChI=1S/C54H33N3S/c55-34-35-25-27-43-44-28-26-40(32-48(44)54(47(43)29-35)45-21-7-9-23-51(45)58-52-24-10-8-22-46(52)54)39-18-12-20-42(31-39)50-33-49(56-53(57-50)37-15-5-2-6-16-37)41-19-11-17-38(30-41)36-13-3-1-4-14-36/h1-33H. The number of nitrogens with zero attached hydrogens (tertiary/aromatic N) is 3. The molecule has 0 amide bonds. The van der Waals surface area contributed by atoms with Gasteiger partial charge < -0.3 is 0 Å². The highest BCUT2D eigenvalue weighted by Crippen LogP contribution is 2.62. The van der Waals surface area contributed by atoms with E-state index in [0.29, 0.717) is 11.4 Å². The predicted octanol–water partition coefficient (Wildman–Crippen LogP) is 13.5. The topological polar surface area (TPSA) is 49.6 Å². The van der Waals surface area contributed by atoms with Gasteiger partial charge in [0.15, 0.2) is 5.82 Å². The minimum absolute atomic E-state index is 0.579. The number of fused-ring (bicyclic) bond motifs is 9. The third kappa shape index (κ3) is 5.44. The van der Waals surface area contributed by atoms with E-state index in [-0.39, 0.29) is 0 Å². The highest BCUT2D eigenvalue weighted by Gasteiger charge is 2.50. The molecule has 0 bridgehead atoms. The molecule has 0 saturated carbocycles. The van der Waals surface area contributed by atoms with E-state index in [1.54, 1.807) is 0 Å². The maximum atomic E-state index is 10.1. The van der Waals surface area contributed by atoms with Crippen LogP contribution >= 0.6 is 11.8 Å². The fourth-order valence-electron chi connectivity index (χ4n) is 8.95. The monoisotopic (exact) mass is 755 g/mol. The van der Waals surface area contributed by atoms with Gasteiger partial charge in [-0.1, -0.05) is 163 Å². The molecule has 0 saturated heterocycles. The molecule has 1 aromatic heterocycles. The summed E-state index contributed by atoms with van der Waals surface area (Å²) in [5.74, 6) is 0.685. The second-order valence-corrected chi connectivity index (χ2v) is 15.9. The van der Waals surface area contributed by atoms with Crippen LogP contribution in [0, 0.1) is 11.3 Å². The van der Waals surface area contributed by atoms with Crippen molar-refractivity contribution in [3.8, 4) is 73.4 Å². The van der Waals surface area contributed by atoms with E-state index in [1.165, 1.54) is 43.2 Å². The van der Waals surface area contributed by atoms with E-state index < -0.39 is 5.41 Å². The van der Waals surface area contributed by atoms with E-state index in [4.69, 9.17) is 9.97 Å². The Morgan fingerprint density at radius 3 is 1.48 bits per heavy atom. The van der Waals surface area contributed by atoms with E-state index in [1.807, 2.05) is 42.1 Å². The van der Waals surface area contributed by atoms with Gasteiger partial charge in [0, 0.05) is 26.5 Å². The zero-order valence-electron chi connectivity index (χ0n) is 31.3. The van der Waals surface area contributed by atoms with Crippen molar-refractivity contribution in [1.29, 1.82) is 5.26 Å². The maximum absolute atomic E-state index is 10.1. The highest BCUT2D eigenvalue weighted by atomic mass is 32.2. The van der Waals surface area contributed by atoms with E-state index in [0.717, 1.165) is 50.3 Å². The van der Waals surface area contributed by atoms with E-state index in [9.17, 15) is 5.26 Å². The number of rotatable bonds is 5. The number of aromatic nitrogens is 2. The lowest BCUT2D eigenvalue weighted by Crippen LogP contribution is -2.32. The summed E-state index contributed by atoms with van der Waals surface area (Å²) in [6, 6.07) is 73.2. The summed E-state index contributed by atoms with van der Waals surface area (Å²) >= 11 is 1.82. The molecular formula is C54H33N3S. The molecule has 270 valence electrons. The minimum Gasteiger partial charge on any atom is -0.228 e. The van der Waals surface area contributed by atoms with Gasteiger partial charge in [-0.25, -0.2) is 9.97 Å². The van der Waals surface area contributed by atoms with E-state index in [2.05, 4.69) is 176 Å². The van der Waals surface area contributed by atoms with Crippen LogP contribution in [-0.2, 0) is 5.41 Å². The Bertz CT molecular complexity index is 3060. The van der Waals surface area contributed by atoms with Gasteiger partial charge in [0.25, 0.3) is 0 Å². The summed E-state index contributed by atoms with van der Waals surface area (Å²) in [6.07, 6.45) is 0. The molecule has 0 fully saturated rings. The molecule has 3 nitrogen and oxygen atoms in total. The van der Waals surface area contributed by atoms with Gasteiger partial charge in [0.1, 0.15) is 0 Å². The Hall–Kier alpha value is -7.32. The fraction of sp³-hybridized carbons (Fsp3) is 0.0185. The summed E-state index contributed by atoms with van der Waals surface area (Å²) in [7, 11) is 0. The first kappa shape index (κ1) is 34.0. The zero-order valence-corrected chi connectivity index (χ0v) is 32.1. The van der Waals surface area contributed by atoms with Crippen LogP contribution in [0.2, 0.25) is 0 Å². The quantitative estimate of drug-likeness (QED) is 0.175. The summed E-state index contributed by atoms with van der Waals surface area (Å²) < 4.78 is 0. The van der Waals surface area contributed by atoms with Crippen LogP contribution in [0.3, 0.4) is 0 Å². The molecule has 0 unspecified atom stereocenters. The first-order chi connectivity index (χ1) is 28.7. The largest absolute Gasteiger partial charge is 0.228 e. The molecule has 58 heavy (non-hydrogen) atoms. The smallest absolute Gasteiger partial charge is 0.160 e. The fourth-order valence-corrected chi connectivity index (χ4v) is 10.1. The molecule has 1 aliphatic carbocycles. The van der Waals surface area contributed by atoms with Crippen molar-refractivity contribution in [3.05, 3.63) is 228 Å². The van der Waals surface area contributed by atoms with Crippen molar-refractivity contribution in [2.75, 3.05) is 0 Å². The Morgan fingerprint density at radius 1 is 0.379 bits per heavy atom. The van der Waals surface area contributed by atoms with Gasteiger partial charge in [-0.05, 0) is 104 Å². The van der Waals surface area contributed by atoms with Crippen LogP contribution in [0.4, 0.5) is 0 Å². The molecular weight excluding hydrogens is 723 g/mol. The summed E-state index contributed by atoms with van der Waals surface area (Å²) in [4.78, 5) is 12.8. The number of hydrogen-bond donors (Lipinski definition) is 0. The second kappa shape index (κ2) is 13.7. The maximum Gasteiger partial charge on any atom is 0.160 e. The lowest BCUT2D eigenvalue weighted by atomic mass is 9.67. The van der Waals surface area contributed by atoms with Gasteiger partial charge in [-0.3, -0.25) is 0 Å². The molecule has 1 spiro atoms. The Balaban J connectivity index is 1.08. The van der Waals surface area contributed by atoms with Crippen LogP contribution in [0.5, 0.6) is 0 Å². The zero-order chi connectivity index (χ0) is 38.6. The average molecular weight is 756 g/mol. The molecule has 0 radical (unpaired) electrons. The molecule has 9 aromatic rings. The molecule has 0 atom stereocenters. The molecule has 2 heterocycles. The third-order valence-corrected chi connectivity index (χ3v) is 12.7. The van der Waals surface area contributed by atoms with Gasteiger partial charge in [-0.2, -0.15) is 5.26 Å². The lowest BCUT2D eigenvalue weighted by Gasteiger charge is -2.39. The van der Waals surface area contributed by atoms with Crippen molar-refractivity contribution in [3.63, 3.8) is 0 Å². The van der Waals surface area contributed by atoms with Crippen LogP contribution in [0.25, 0.3) is 67.3 Å². The van der Waals surface area contributed by atoms with Gasteiger partial charge in [0.2, 0.25) is 0 Å². The molecule has 2 aliphatic rings. The van der Waals surface area contributed by atoms with Crippen molar-refractivity contribution < 1.29 is 0 Å². The first-order valence-corrected chi connectivity index (χ1v) is 20.3. The van der Waals surface area contributed by atoms with Gasteiger partial charge >= 0.3 is 0 Å². The number of nitriles is 1. The van der Waals surface area contributed by atoms with Crippen molar-refractivity contribution in [2.45, 2.75) is 15.2 Å². The van der Waals surface area contributed by atoms with Crippen LogP contribution in [0.1, 0.15) is 27.8 Å². The summed E-state index contributed by atoms with van der Waals surface area (Å²) in [6.45, 7) is 0. The normalized spacial score (nSPS) is 12.9. The van der Waals surface area contributed by atoms with Crippen molar-refractivity contribution in [1.82, 2.24) is 9.97 Å². The SMILES string of the molecule is N#Cc1ccc2c(c1)C1(c3ccccc3Sc3ccccc31)c1cc(-c3cccc(-c4cc(-c5cccc(-c6ccccc6)c5)nc(-c5ccccc5)n4)c3)ccc1-2. The Morgan fingerprint density at radius 2 is 0.862 bits per heavy atom. The average Bonchev–Trinajstić information content (AvgIpc) is 3.58. The summed E-state index contributed by atoms with van der Waals surface area (Å²) in [5, 5.41) is 10.1. The second-order valence-electron chi connectivity index (χ2n) is 14.8. The van der Waals surface area contributed by atoms with Crippen molar-refractivity contribution >= 4 is 11.8 Å². The van der Waals surface area contributed by atoms with Crippen molar-refractivity contribution in [2.24, 2.45) is 0 Å². The molecule has 8 aromatic carbocycles. The molecule has 0 N–H and O–H groups in total. The van der Waals surface area contributed by atoms with Crippen LogP contribution in [-0.4, -0.2) is 9.97 Å². The number of benzene rings is 8.